The first kappa shape index (κ1) is 17.4. The molecule has 1 aliphatic heterocycles. The fraction of sp³-hybridized carbons (Fsp3) is 0.261. The molecule has 0 N–H and O–H groups in total. The molecule has 1 aliphatic rings. The first-order valence-electron chi connectivity index (χ1n) is 8.88. The third-order valence-corrected chi connectivity index (χ3v) is 4.85. The van der Waals surface area contributed by atoms with E-state index in [4.69, 9.17) is 0 Å². The van der Waals surface area contributed by atoms with Gasteiger partial charge in [-0.25, -0.2) is 0 Å². The lowest BCUT2D eigenvalue weighted by molar-refractivity contribution is -0.113. The second kappa shape index (κ2) is 7.62. The summed E-state index contributed by atoms with van der Waals surface area (Å²) in [5.41, 5.74) is 6.39. The van der Waals surface area contributed by atoms with Crippen LogP contribution in [0.25, 0.3) is 12.2 Å². The molecule has 0 radical (unpaired) electrons. The van der Waals surface area contributed by atoms with Crippen molar-refractivity contribution in [2.45, 2.75) is 20.8 Å². The Balaban J connectivity index is 2.00. The second-order valence-corrected chi connectivity index (χ2v) is 6.68. The zero-order chi connectivity index (χ0) is 17.8. The normalized spacial score (nSPS) is 18.9. The minimum Gasteiger partial charge on any atom is -0.295 e. The van der Waals surface area contributed by atoms with E-state index in [1.807, 2.05) is 24.3 Å². The summed E-state index contributed by atoms with van der Waals surface area (Å²) in [4.78, 5) is 15.4. The number of hydrogen-bond donors (Lipinski definition) is 0. The van der Waals surface area contributed by atoms with E-state index in [0.717, 1.165) is 41.9 Å². The molecule has 0 unspecified atom stereocenters. The van der Waals surface area contributed by atoms with E-state index in [-0.39, 0.29) is 5.78 Å². The molecule has 0 spiro atoms. The minimum absolute atomic E-state index is 0.177. The predicted molar refractivity (Wildman–Crippen MR) is 105 cm³/mol. The average Bonchev–Trinajstić information content (AvgIpc) is 2.62. The molecule has 0 amide bonds. The Morgan fingerprint density at radius 3 is 1.68 bits per heavy atom. The zero-order valence-electron chi connectivity index (χ0n) is 15.3. The molecule has 0 atom stereocenters. The molecule has 25 heavy (non-hydrogen) atoms. The molecule has 2 nitrogen and oxygen atoms in total. The number of likely N-dealkylation sites (tertiary alicyclic amines) is 1. The van der Waals surface area contributed by atoms with Crippen LogP contribution in [0.3, 0.4) is 0 Å². The van der Waals surface area contributed by atoms with Crippen molar-refractivity contribution < 1.29 is 4.79 Å². The minimum atomic E-state index is 0.177. The molecule has 2 aromatic carbocycles. The lowest BCUT2D eigenvalue weighted by atomic mass is 9.93. The highest BCUT2D eigenvalue weighted by Gasteiger charge is 2.25. The molecule has 0 bridgehead atoms. The Kier molecular flexibility index (Phi) is 5.30. The van der Waals surface area contributed by atoms with E-state index in [2.05, 4.69) is 62.1 Å². The SMILES string of the molecule is CCN1C/C(=C\c2ccccc2C)C(=O)/C(=C/c2ccccc2C)C1. The molecule has 1 saturated heterocycles. The smallest absolute Gasteiger partial charge is 0.187 e. The Bertz CT molecular complexity index is 777. The number of aryl methyl sites for hydroxylation is 2. The number of hydrogen-bond acceptors (Lipinski definition) is 2. The first-order valence-corrected chi connectivity index (χ1v) is 8.88. The van der Waals surface area contributed by atoms with Crippen LogP contribution in [0.2, 0.25) is 0 Å². The van der Waals surface area contributed by atoms with Gasteiger partial charge in [0.05, 0.1) is 0 Å². The molecular weight excluding hydrogens is 306 g/mol. The molecule has 0 aliphatic carbocycles. The number of Topliss-reactive ketones (excluding diaryl/α,β-unsaturated/α-hetero) is 1. The largest absolute Gasteiger partial charge is 0.295 e. The van der Waals surface area contributed by atoms with Gasteiger partial charge in [-0.1, -0.05) is 55.5 Å². The molecule has 0 saturated carbocycles. The number of rotatable bonds is 3. The van der Waals surface area contributed by atoms with Crippen LogP contribution in [-0.4, -0.2) is 30.3 Å². The van der Waals surface area contributed by atoms with Gasteiger partial charge in [0.15, 0.2) is 5.78 Å². The van der Waals surface area contributed by atoms with Crippen LogP contribution in [-0.2, 0) is 4.79 Å². The van der Waals surface area contributed by atoms with Gasteiger partial charge in [-0.15, -0.1) is 0 Å². The van der Waals surface area contributed by atoms with Crippen LogP contribution in [0.15, 0.2) is 59.7 Å². The van der Waals surface area contributed by atoms with E-state index >= 15 is 0 Å². The van der Waals surface area contributed by atoms with E-state index in [1.54, 1.807) is 0 Å². The number of carbonyl (C=O) groups excluding carboxylic acids is 1. The number of piperidine rings is 1. The van der Waals surface area contributed by atoms with Crippen LogP contribution >= 0.6 is 0 Å². The monoisotopic (exact) mass is 331 g/mol. The van der Waals surface area contributed by atoms with Crippen LogP contribution < -0.4 is 0 Å². The summed E-state index contributed by atoms with van der Waals surface area (Å²) < 4.78 is 0. The van der Waals surface area contributed by atoms with Gasteiger partial charge in [-0.05, 0) is 54.8 Å². The van der Waals surface area contributed by atoms with Crippen molar-refractivity contribution in [3.8, 4) is 0 Å². The Morgan fingerprint density at radius 1 is 0.840 bits per heavy atom. The van der Waals surface area contributed by atoms with Gasteiger partial charge >= 0.3 is 0 Å². The summed E-state index contributed by atoms with van der Waals surface area (Å²) in [6.07, 6.45) is 4.12. The van der Waals surface area contributed by atoms with E-state index in [1.165, 1.54) is 11.1 Å². The lowest BCUT2D eigenvalue weighted by Crippen LogP contribution is -2.37. The molecule has 0 aromatic heterocycles. The van der Waals surface area contributed by atoms with Gasteiger partial charge < -0.3 is 0 Å². The third-order valence-electron chi connectivity index (χ3n) is 4.85. The van der Waals surface area contributed by atoms with Crippen molar-refractivity contribution in [3.63, 3.8) is 0 Å². The van der Waals surface area contributed by atoms with Crippen molar-refractivity contribution >= 4 is 17.9 Å². The van der Waals surface area contributed by atoms with Gasteiger partial charge in [-0.3, -0.25) is 9.69 Å². The fourth-order valence-corrected chi connectivity index (χ4v) is 3.21. The van der Waals surface area contributed by atoms with Crippen LogP contribution in [0.1, 0.15) is 29.2 Å². The van der Waals surface area contributed by atoms with Crippen molar-refractivity contribution in [2.24, 2.45) is 0 Å². The summed E-state index contributed by atoms with van der Waals surface area (Å²) >= 11 is 0. The van der Waals surface area contributed by atoms with Crippen molar-refractivity contribution in [1.82, 2.24) is 4.90 Å². The van der Waals surface area contributed by atoms with Gasteiger partial charge in [-0.2, -0.15) is 0 Å². The lowest BCUT2D eigenvalue weighted by Gasteiger charge is -2.28. The molecule has 128 valence electrons. The topological polar surface area (TPSA) is 20.3 Å². The van der Waals surface area contributed by atoms with Gasteiger partial charge in [0.2, 0.25) is 0 Å². The summed E-state index contributed by atoms with van der Waals surface area (Å²) in [6.45, 7) is 8.68. The van der Waals surface area contributed by atoms with Crippen molar-refractivity contribution in [3.05, 3.63) is 81.9 Å². The van der Waals surface area contributed by atoms with Gasteiger partial charge in [0.1, 0.15) is 0 Å². The average molecular weight is 331 g/mol. The quantitative estimate of drug-likeness (QED) is 0.762. The molecular formula is C23H25NO. The molecule has 1 fully saturated rings. The van der Waals surface area contributed by atoms with E-state index in [0.29, 0.717) is 0 Å². The second-order valence-electron chi connectivity index (χ2n) is 6.68. The number of likely N-dealkylation sites (N-methyl/N-ethyl adjacent to an activating group) is 1. The maximum absolute atomic E-state index is 13.1. The first-order chi connectivity index (χ1) is 12.1. The fourth-order valence-electron chi connectivity index (χ4n) is 3.21. The van der Waals surface area contributed by atoms with Gasteiger partial charge in [0.25, 0.3) is 0 Å². The van der Waals surface area contributed by atoms with Crippen LogP contribution in [0.5, 0.6) is 0 Å². The number of benzene rings is 2. The zero-order valence-corrected chi connectivity index (χ0v) is 15.3. The summed E-state index contributed by atoms with van der Waals surface area (Å²) in [5.74, 6) is 0.177. The summed E-state index contributed by atoms with van der Waals surface area (Å²) in [5, 5.41) is 0. The number of ketones is 1. The third kappa shape index (κ3) is 3.97. The number of carbonyl (C=O) groups is 1. The highest BCUT2D eigenvalue weighted by atomic mass is 16.1. The standard InChI is InChI=1S/C23H25NO/c1-4-24-15-21(13-19-11-7-5-9-17(19)2)23(25)22(16-24)14-20-12-8-6-10-18(20)3/h5-14H,4,15-16H2,1-3H3/b21-13+,22-14+. The molecule has 1 heterocycles. The molecule has 2 aromatic rings. The van der Waals surface area contributed by atoms with Crippen LogP contribution in [0.4, 0.5) is 0 Å². The maximum Gasteiger partial charge on any atom is 0.187 e. The van der Waals surface area contributed by atoms with Crippen molar-refractivity contribution in [2.75, 3.05) is 19.6 Å². The Hall–Kier alpha value is -2.45. The molecule has 3 rings (SSSR count). The van der Waals surface area contributed by atoms with E-state index in [9.17, 15) is 4.79 Å². The summed E-state index contributed by atoms with van der Waals surface area (Å²) in [7, 11) is 0. The summed E-state index contributed by atoms with van der Waals surface area (Å²) in [6, 6.07) is 16.4. The maximum atomic E-state index is 13.1. The number of nitrogens with zero attached hydrogens (tertiary/aromatic N) is 1. The highest BCUT2D eigenvalue weighted by Crippen LogP contribution is 2.23. The Labute approximate surface area is 150 Å². The van der Waals surface area contributed by atoms with Crippen molar-refractivity contribution in [1.29, 1.82) is 0 Å². The predicted octanol–water partition coefficient (Wildman–Crippen LogP) is 4.68. The molecule has 2 heteroatoms. The highest BCUT2D eigenvalue weighted by molar-refractivity contribution is 6.14. The Morgan fingerprint density at radius 2 is 1.28 bits per heavy atom. The van der Waals surface area contributed by atoms with Crippen LogP contribution in [0, 0.1) is 13.8 Å². The van der Waals surface area contributed by atoms with Gasteiger partial charge in [0, 0.05) is 24.2 Å². The van der Waals surface area contributed by atoms with E-state index < -0.39 is 0 Å².